The summed E-state index contributed by atoms with van der Waals surface area (Å²) in [7, 11) is 1.01. The van der Waals surface area contributed by atoms with E-state index in [0.29, 0.717) is 38.0 Å². The highest BCUT2D eigenvalue weighted by atomic mass is 31.2. The lowest BCUT2D eigenvalue weighted by molar-refractivity contribution is -0.121. The number of nitrogens with one attached hydrogen (secondary N) is 3. The molecule has 0 radical (unpaired) electrons. The fourth-order valence-corrected chi connectivity index (χ4v) is 10.6. The number of fused-ring (bicyclic) bond motifs is 4. The minimum Gasteiger partial charge on any atom is -0.387 e. The number of aliphatic hydroxyl groups excluding tert-OH is 2. The Morgan fingerprint density at radius 1 is 0.986 bits per heavy atom. The smallest absolute Gasteiger partial charge is 0.387 e. The molecule has 8 rings (SSSR count). The fraction of sp³-hybridized carbons (Fsp3) is 0.490. The zero-order chi connectivity index (χ0) is 51.6. The Morgan fingerprint density at radius 3 is 2.47 bits per heavy atom. The van der Waals surface area contributed by atoms with Gasteiger partial charge in [-0.15, -0.1) is 0 Å². The van der Waals surface area contributed by atoms with Crippen LogP contribution in [-0.2, 0) is 30.5 Å². The Morgan fingerprint density at radius 2 is 1.74 bits per heavy atom. The van der Waals surface area contributed by atoms with Crippen molar-refractivity contribution in [1.29, 1.82) is 0 Å². The van der Waals surface area contributed by atoms with Crippen molar-refractivity contribution in [2.45, 2.75) is 102 Å². The molecular formula is C51H68N10O10P+. The number of nitrogens with two attached hydrogens (primary N) is 1. The third-order valence-corrected chi connectivity index (χ3v) is 14.7. The first kappa shape index (κ1) is 52.3. The molecule has 1 aliphatic carbocycles. The number of rotatable bonds is 20. The number of benzene rings is 3. The lowest BCUT2D eigenvalue weighted by atomic mass is 9.68. The monoisotopic (exact) mass is 1010 g/mol. The number of H-pyrrole nitrogens is 1. The number of nitrogens with zero attached hydrogens (tertiary/aromatic N) is 6. The van der Waals surface area contributed by atoms with Crippen LogP contribution in [0.1, 0.15) is 110 Å². The summed E-state index contributed by atoms with van der Waals surface area (Å²) >= 11 is 0. The number of carbonyl (C=O) groups is 2. The average molecular weight is 1010 g/mol. The second kappa shape index (κ2) is 21.6. The van der Waals surface area contributed by atoms with Crippen LogP contribution in [0.15, 0.2) is 59.4 Å². The largest absolute Gasteiger partial charge is 0.469 e. The van der Waals surface area contributed by atoms with Gasteiger partial charge in [0.1, 0.15) is 31.4 Å². The summed E-state index contributed by atoms with van der Waals surface area (Å²) in [6, 6.07) is 19.4. The highest BCUT2D eigenvalue weighted by Crippen LogP contribution is 2.43. The fourth-order valence-electron chi connectivity index (χ4n) is 10.3. The van der Waals surface area contributed by atoms with E-state index >= 15 is 0 Å². The second-order valence-electron chi connectivity index (χ2n) is 19.7. The molecule has 5 aromatic rings. The lowest BCUT2D eigenvalue weighted by Crippen LogP contribution is -2.43. The van der Waals surface area contributed by atoms with E-state index in [2.05, 4.69) is 111 Å². The third kappa shape index (κ3) is 10.9. The first-order valence-electron chi connectivity index (χ1n) is 24.8. The van der Waals surface area contributed by atoms with Gasteiger partial charge in [0, 0.05) is 81.9 Å². The first-order valence-corrected chi connectivity index (χ1v) is 26.3. The molecule has 20 nitrogen and oxygen atoms in total. The van der Waals surface area contributed by atoms with E-state index in [-0.39, 0.29) is 46.7 Å². The number of aromatic nitrogens is 4. The number of imidazole rings is 1. The number of unbranched alkanes of at least 4 members (excludes halogenated alkanes) is 3. The molecule has 2 amide bonds. The molecule has 1 saturated heterocycles. The maximum absolute atomic E-state index is 14.4. The van der Waals surface area contributed by atoms with E-state index in [1.54, 1.807) is 11.9 Å². The Balaban J connectivity index is 0.853. The van der Waals surface area contributed by atoms with E-state index in [0.717, 1.165) is 67.6 Å². The topological polar surface area (TPSA) is 274 Å². The molecule has 3 aliphatic rings. The normalized spacial score (nSPS) is 19.2. The van der Waals surface area contributed by atoms with E-state index in [1.165, 1.54) is 31.8 Å². The molecular weight excluding hydrogens is 944 g/mol. The van der Waals surface area contributed by atoms with Crippen LogP contribution in [-0.4, -0.2) is 135 Å². The van der Waals surface area contributed by atoms with E-state index in [9.17, 15) is 29.2 Å². The van der Waals surface area contributed by atoms with Crippen LogP contribution < -0.4 is 42.0 Å². The summed E-state index contributed by atoms with van der Waals surface area (Å²) < 4.78 is 25.3. The highest BCUT2D eigenvalue weighted by molar-refractivity contribution is 7.46. The van der Waals surface area contributed by atoms with Crippen LogP contribution in [0.4, 0.5) is 17.6 Å². The van der Waals surface area contributed by atoms with Gasteiger partial charge in [-0.25, -0.2) is 14.1 Å². The Hall–Kier alpha value is -5.99. The van der Waals surface area contributed by atoms with Crippen LogP contribution in [0.2, 0.25) is 0 Å². The van der Waals surface area contributed by atoms with Gasteiger partial charge in [-0.3, -0.25) is 28.5 Å². The number of aryl methyl sites for hydroxylation is 1. The zero-order valence-electron chi connectivity index (χ0n) is 41.9. The van der Waals surface area contributed by atoms with Crippen molar-refractivity contribution in [1.82, 2.24) is 34.3 Å². The summed E-state index contributed by atoms with van der Waals surface area (Å²) in [5.41, 5.74) is 13.4. The molecule has 9 N–H and O–H groups in total. The minimum absolute atomic E-state index is 0.0396. The maximum atomic E-state index is 14.4. The molecule has 2 aromatic heterocycles. The van der Waals surface area contributed by atoms with Crippen molar-refractivity contribution in [2.24, 2.45) is 0 Å². The molecule has 4 atom stereocenters. The molecule has 0 spiro atoms. The van der Waals surface area contributed by atoms with Crippen molar-refractivity contribution in [2.75, 3.05) is 76.4 Å². The zero-order valence-corrected chi connectivity index (χ0v) is 42.7. The number of hydrogen-bond acceptors (Lipinski definition) is 13. The van der Waals surface area contributed by atoms with Gasteiger partial charge in [0.15, 0.2) is 17.4 Å². The quantitative estimate of drug-likeness (QED) is 0.0316. The number of carbonyl (C=O) groups excluding carboxylic acids is 2. The van der Waals surface area contributed by atoms with Gasteiger partial charge in [0.25, 0.3) is 11.5 Å². The molecule has 3 aromatic carbocycles. The number of phosphoric acid groups is 1. The first-order chi connectivity index (χ1) is 34.3. The molecule has 72 heavy (non-hydrogen) atoms. The predicted octanol–water partition coefficient (Wildman–Crippen LogP) is 2.48. The van der Waals surface area contributed by atoms with Crippen LogP contribution >= 0.6 is 7.82 Å². The third-order valence-electron chi connectivity index (χ3n) is 14.2. The molecule has 21 heteroatoms. The highest BCUT2D eigenvalue weighted by Gasteiger charge is 2.46. The summed E-state index contributed by atoms with van der Waals surface area (Å²) in [4.78, 5) is 73.1. The van der Waals surface area contributed by atoms with Crippen molar-refractivity contribution in [3.05, 3.63) is 109 Å². The van der Waals surface area contributed by atoms with E-state index < -0.39 is 44.5 Å². The maximum Gasteiger partial charge on any atom is 0.469 e. The summed E-state index contributed by atoms with van der Waals surface area (Å²) in [5.74, 6) is -0.322. The van der Waals surface area contributed by atoms with Gasteiger partial charge in [-0.05, 0) is 89.9 Å². The minimum atomic E-state index is -4.90. The molecule has 386 valence electrons. The van der Waals surface area contributed by atoms with Gasteiger partial charge in [0.2, 0.25) is 23.2 Å². The Bertz CT molecular complexity index is 3090. The SMILES string of the molecule is CC[N+]1=c2cc3c(cc2CCC1)=C(c1ccccc1C(=O)N(C)CCCC(=O)NCCCCCCNc1nc2c(=O)[nH]c(N)nc2n1[C@@H]1O[C@H](COP(=O)(O)O)[C@@H](O)[C@H]1O)c1ccc(N(C)C)cc1C3(C)C. The number of nitrogen functional groups attached to an aromatic ring is 1. The van der Waals surface area contributed by atoms with Gasteiger partial charge >= 0.3 is 7.82 Å². The van der Waals surface area contributed by atoms with Crippen LogP contribution in [0, 0.1) is 0 Å². The number of phosphoric ester groups is 1. The number of aromatic amines is 1. The van der Waals surface area contributed by atoms with Gasteiger partial charge in [0.05, 0.1) is 6.61 Å². The molecule has 0 bridgehead atoms. The van der Waals surface area contributed by atoms with Gasteiger partial charge < -0.3 is 50.9 Å². The number of ether oxygens (including phenoxy) is 1. The Kier molecular flexibility index (Phi) is 15.7. The predicted molar refractivity (Wildman–Crippen MR) is 274 cm³/mol. The van der Waals surface area contributed by atoms with Crippen molar-refractivity contribution < 1.29 is 43.4 Å². The number of aliphatic hydroxyl groups is 2. The lowest BCUT2D eigenvalue weighted by Gasteiger charge is -2.36. The van der Waals surface area contributed by atoms with E-state index in [4.69, 9.17) is 20.3 Å². The number of anilines is 3. The summed E-state index contributed by atoms with van der Waals surface area (Å²) in [6.07, 6.45) is -0.0545. The average Bonchev–Trinajstić information content (AvgIpc) is 3.84. The van der Waals surface area contributed by atoms with Gasteiger partial charge in [-0.2, -0.15) is 4.98 Å². The van der Waals surface area contributed by atoms with Crippen LogP contribution in [0.3, 0.4) is 0 Å². The van der Waals surface area contributed by atoms with Crippen LogP contribution in [0.25, 0.3) is 16.7 Å². The van der Waals surface area contributed by atoms with Crippen LogP contribution in [0.5, 0.6) is 0 Å². The molecule has 0 saturated carbocycles. The van der Waals surface area contributed by atoms with Crippen molar-refractivity contribution in [3.63, 3.8) is 0 Å². The molecule has 0 unspecified atom stereocenters. The molecule has 4 heterocycles. The van der Waals surface area contributed by atoms with Gasteiger partial charge in [-0.1, -0.05) is 51.0 Å². The standard InChI is InChI=1S/C51H67N10O10P/c1-7-60-25-14-16-30-26-35-37(28-38(30)60)51(2,3)36-27-31(58(4)5)20-21-34(36)41(35)32-17-10-11-18-33(32)47(66)59(6)24-15-19-40(62)53-22-12-8-9-13-23-54-50-55-42-45(56-49(52)57-46(42)65)61(50)48-44(64)43(63)39(71-48)29-70-72(67,68)69/h10-11,17-18,20-21,26-28,39,43-44,48,63-64H,7-9,12-16,19,22-25,29H2,1-6H3,(H6,52,53,57,62,65,66,67,68,69)/p+1/t39-,43-,44-,48-/m1/s1. The molecule has 2 aliphatic heterocycles. The number of hydrogen-bond donors (Lipinski definition) is 8. The van der Waals surface area contributed by atoms with Crippen molar-refractivity contribution >= 4 is 54.0 Å². The molecule has 1 fully saturated rings. The van der Waals surface area contributed by atoms with E-state index in [1.807, 2.05) is 18.2 Å². The second-order valence-corrected chi connectivity index (χ2v) is 20.9. The summed E-state index contributed by atoms with van der Waals surface area (Å²) in [6.45, 7) is 9.38. The summed E-state index contributed by atoms with van der Waals surface area (Å²) in [5, 5.41) is 30.1. The Labute approximate surface area is 417 Å². The number of amides is 2. The van der Waals surface area contributed by atoms with Crippen molar-refractivity contribution in [3.8, 4) is 0 Å².